The number of carbonyl (C=O) groups excluding carboxylic acids is 1. The van der Waals surface area contributed by atoms with E-state index in [1.165, 1.54) is 38.5 Å². The van der Waals surface area contributed by atoms with Crippen molar-refractivity contribution in [2.75, 3.05) is 12.4 Å². The van der Waals surface area contributed by atoms with E-state index < -0.39 is 0 Å². The predicted octanol–water partition coefficient (Wildman–Crippen LogP) is 2.65. The Morgan fingerprint density at radius 2 is 1.75 bits per heavy atom. The van der Waals surface area contributed by atoms with Crippen molar-refractivity contribution in [3.8, 4) is 0 Å². The Hall–Kier alpha value is -0.240. The van der Waals surface area contributed by atoms with Gasteiger partial charge in [0, 0.05) is 24.4 Å². The Bertz CT molecular complexity index is 278. The third-order valence-electron chi connectivity index (χ3n) is 4.54. The Morgan fingerprint density at radius 3 is 2.25 bits per heavy atom. The average molecular weight is 242 g/mol. The second-order valence-corrected chi connectivity index (χ2v) is 5.97. The molecule has 16 heavy (non-hydrogen) atoms. The Labute approximate surface area is 102 Å². The Kier molecular flexibility index (Phi) is 2.87. The molecule has 0 bridgehead atoms. The standard InChI is InChI=1S/C13H20ClNO/c14-7-8-15(9-5-6-9)13(16)12-10-3-1-2-4-11(10)12/h9-12H,1-8H2. The number of amides is 1. The molecule has 0 aliphatic heterocycles. The summed E-state index contributed by atoms with van der Waals surface area (Å²) < 4.78 is 0. The number of alkyl halides is 1. The highest BCUT2D eigenvalue weighted by molar-refractivity contribution is 6.18. The lowest BCUT2D eigenvalue weighted by Crippen LogP contribution is -2.36. The van der Waals surface area contributed by atoms with Crippen molar-refractivity contribution in [2.24, 2.45) is 17.8 Å². The molecule has 0 aromatic heterocycles. The van der Waals surface area contributed by atoms with Crippen LogP contribution in [-0.4, -0.2) is 29.3 Å². The fourth-order valence-electron chi connectivity index (χ4n) is 3.50. The van der Waals surface area contributed by atoms with Crippen LogP contribution in [0.25, 0.3) is 0 Å². The molecule has 0 saturated heterocycles. The maximum atomic E-state index is 12.4. The molecule has 2 atom stereocenters. The van der Waals surface area contributed by atoms with Gasteiger partial charge in [0.1, 0.15) is 0 Å². The first-order valence-corrected chi connectivity index (χ1v) is 7.23. The number of hydrogen-bond acceptors (Lipinski definition) is 1. The van der Waals surface area contributed by atoms with Crippen molar-refractivity contribution < 1.29 is 4.79 Å². The van der Waals surface area contributed by atoms with Gasteiger partial charge in [0.25, 0.3) is 0 Å². The van der Waals surface area contributed by atoms with Gasteiger partial charge in [0.15, 0.2) is 0 Å². The molecule has 0 aromatic carbocycles. The van der Waals surface area contributed by atoms with E-state index in [1.54, 1.807) is 0 Å². The van der Waals surface area contributed by atoms with Crippen LogP contribution in [-0.2, 0) is 4.79 Å². The summed E-state index contributed by atoms with van der Waals surface area (Å²) in [6, 6.07) is 0.536. The van der Waals surface area contributed by atoms with Crippen LogP contribution in [0.3, 0.4) is 0 Å². The molecule has 3 fully saturated rings. The molecule has 3 rings (SSSR count). The number of rotatable bonds is 4. The van der Waals surface area contributed by atoms with Crippen LogP contribution in [0.15, 0.2) is 0 Å². The fraction of sp³-hybridized carbons (Fsp3) is 0.923. The van der Waals surface area contributed by atoms with Gasteiger partial charge >= 0.3 is 0 Å². The Balaban J connectivity index is 1.63. The molecule has 0 radical (unpaired) electrons. The van der Waals surface area contributed by atoms with E-state index in [9.17, 15) is 4.79 Å². The van der Waals surface area contributed by atoms with Gasteiger partial charge in [-0.15, -0.1) is 11.6 Å². The first-order valence-electron chi connectivity index (χ1n) is 6.69. The van der Waals surface area contributed by atoms with Gasteiger partial charge < -0.3 is 4.90 Å². The Morgan fingerprint density at radius 1 is 1.12 bits per heavy atom. The molecule has 1 amide bonds. The first-order chi connectivity index (χ1) is 7.83. The van der Waals surface area contributed by atoms with Crippen LogP contribution < -0.4 is 0 Å². The molecule has 90 valence electrons. The topological polar surface area (TPSA) is 20.3 Å². The zero-order chi connectivity index (χ0) is 11.1. The molecular weight excluding hydrogens is 222 g/mol. The lowest BCUT2D eigenvalue weighted by Gasteiger charge is -2.21. The molecule has 3 saturated carbocycles. The summed E-state index contributed by atoms with van der Waals surface area (Å²) in [6.45, 7) is 0.765. The third kappa shape index (κ3) is 1.85. The molecular formula is C13H20ClNO. The fourth-order valence-corrected chi connectivity index (χ4v) is 3.68. The molecule has 0 heterocycles. The van der Waals surface area contributed by atoms with Crippen molar-refractivity contribution >= 4 is 17.5 Å². The first kappa shape index (κ1) is 10.9. The summed E-state index contributed by atoms with van der Waals surface area (Å²) in [5.74, 6) is 2.87. The van der Waals surface area contributed by atoms with Crippen molar-refractivity contribution in [2.45, 2.75) is 44.6 Å². The molecule has 0 aromatic rings. The zero-order valence-corrected chi connectivity index (χ0v) is 10.5. The largest absolute Gasteiger partial charge is 0.338 e. The summed E-state index contributed by atoms with van der Waals surface area (Å²) in [6.07, 6.45) is 7.66. The number of halogens is 1. The minimum Gasteiger partial charge on any atom is -0.338 e. The SMILES string of the molecule is O=C(C1C2CCCCC21)N(CCCl)C1CC1. The van der Waals surface area contributed by atoms with E-state index in [0.29, 0.717) is 23.7 Å². The second kappa shape index (κ2) is 4.21. The quantitative estimate of drug-likeness (QED) is 0.693. The van der Waals surface area contributed by atoms with E-state index in [2.05, 4.69) is 4.90 Å². The summed E-state index contributed by atoms with van der Waals surface area (Å²) in [7, 11) is 0. The molecule has 0 spiro atoms. The van der Waals surface area contributed by atoms with Gasteiger partial charge in [-0.3, -0.25) is 4.79 Å². The molecule has 2 unspecified atom stereocenters. The number of nitrogens with zero attached hydrogens (tertiary/aromatic N) is 1. The van der Waals surface area contributed by atoms with E-state index in [0.717, 1.165) is 18.4 Å². The smallest absolute Gasteiger partial charge is 0.226 e. The van der Waals surface area contributed by atoms with Crippen molar-refractivity contribution in [3.05, 3.63) is 0 Å². The predicted molar refractivity (Wildman–Crippen MR) is 64.4 cm³/mol. The third-order valence-corrected chi connectivity index (χ3v) is 4.71. The zero-order valence-electron chi connectivity index (χ0n) is 9.70. The summed E-state index contributed by atoms with van der Waals surface area (Å²) in [5.41, 5.74) is 0. The minimum absolute atomic E-state index is 0.381. The summed E-state index contributed by atoms with van der Waals surface area (Å²) in [4.78, 5) is 14.5. The second-order valence-electron chi connectivity index (χ2n) is 5.59. The molecule has 0 N–H and O–H groups in total. The minimum atomic E-state index is 0.381. The number of hydrogen-bond donors (Lipinski definition) is 0. The van der Waals surface area contributed by atoms with E-state index >= 15 is 0 Å². The monoisotopic (exact) mass is 241 g/mol. The maximum absolute atomic E-state index is 12.4. The number of carbonyl (C=O) groups is 1. The maximum Gasteiger partial charge on any atom is 0.226 e. The van der Waals surface area contributed by atoms with E-state index in [1.807, 2.05) is 0 Å². The van der Waals surface area contributed by atoms with Gasteiger partial charge in [0.05, 0.1) is 0 Å². The lowest BCUT2D eigenvalue weighted by atomic mass is 10.0. The molecule has 3 heteroatoms. The normalized spacial score (nSPS) is 36.7. The van der Waals surface area contributed by atoms with Crippen LogP contribution in [0.2, 0.25) is 0 Å². The van der Waals surface area contributed by atoms with Crippen molar-refractivity contribution in [1.29, 1.82) is 0 Å². The van der Waals surface area contributed by atoms with Gasteiger partial charge in [-0.1, -0.05) is 12.8 Å². The van der Waals surface area contributed by atoms with Crippen LogP contribution >= 0.6 is 11.6 Å². The van der Waals surface area contributed by atoms with Gasteiger partial charge in [-0.2, -0.15) is 0 Å². The highest BCUT2D eigenvalue weighted by atomic mass is 35.5. The van der Waals surface area contributed by atoms with E-state index in [4.69, 9.17) is 11.6 Å². The summed E-state index contributed by atoms with van der Waals surface area (Å²) in [5, 5.41) is 0. The highest BCUT2D eigenvalue weighted by Gasteiger charge is 2.56. The van der Waals surface area contributed by atoms with Crippen LogP contribution in [0.4, 0.5) is 0 Å². The number of fused-ring (bicyclic) bond motifs is 1. The van der Waals surface area contributed by atoms with Crippen molar-refractivity contribution in [1.82, 2.24) is 4.90 Å². The molecule has 2 nitrogen and oxygen atoms in total. The van der Waals surface area contributed by atoms with Gasteiger partial charge in [-0.05, 0) is 37.5 Å². The molecule has 3 aliphatic rings. The van der Waals surface area contributed by atoms with Crippen LogP contribution in [0, 0.1) is 17.8 Å². The highest BCUT2D eigenvalue weighted by Crippen LogP contribution is 2.56. The van der Waals surface area contributed by atoms with Crippen molar-refractivity contribution in [3.63, 3.8) is 0 Å². The van der Waals surface area contributed by atoms with Gasteiger partial charge in [-0.25, -0.2) is 0 Å². The molecule has 3 aliphatic carbocycles. The van der Waals surface area contributed by atoms with Gasteiger partial charge in [0.2, 0.25) is 5.91 Å². The summed E-state index contributed by atoms with van der Waals surface area (Å²) >= 11 is 5.80. The van der Waals surface area contributed by atoms with Crippen LogP contribution in [0.5, 0.6) is 0 Å². The van der Waals surface area contributed by atoms with Crippen LogP contribution in [0.1, 0.15) is 38.5 Å². The lowest BCUT2D eigenvalue weighted by molar-refractivity contribution is -0.133. The van der Waals surface area contributed by atoms with E-state index in [-0.39, 0.29) is 0 Å². The average Bonchev–Trinajstić information content (AvgIpc) is 3.17.